The van der Waals surface area contributed by atoms with Crippen molar-refractivity contribution in [2.75, 3.05) is 6.61 Å². The fraction of sp³-hybridized carbons (Fsp3) is 0.600. The van der Waals surface area contributed by atoms with Gasteiger partial charge in [-0.15, -0.1) is 0 Å². The van der Waals surface area contributed by atoms with Crippen molar-refractivity contribution in [1.82, 2.24) is 5.32 Å². The number of hydrogen-bond acceptors (Lipinski definition) is 4. The molecule has 0 radical (unpaired) electrons. The van der Waals surface area contributed by atoms with E-state index in [1.807, 2.05) is 6.92 Å². The summed E-state index contributed by atoms with van der Waals surface area (Å²) in [5.74, 6) is -1.48. The normalized spacial score (nSPS) is 26.3. The number of hydrogen-bond donors (Lipinski definition) is 2. The van der Waals surface area contributed by atoms with E-state index in [4.69, 9.17) is 9.15 Å². The summed E-state index contributed by atoms with van der Waals surface area (Å²) in [6, 6.07) is 1.66. The van der Waals surface area contributed by atoms with Crippen molar-refractivity contribution in [3.63, 3.8) is 0 Å². The summed E-state index contributed by atoms with van der Waals surface area (Å²) in [5.41, 5.74) is -1.44. The number of halogens is 1. The first-order valence-electron chi connectivity index (χ1n) is 7.09. The van der Waals surface area contributed by atoms with Crippen LogP contribution in [0.4, 0.5) is 0 Å². The van der Waals surface area contributed by atoms with E-state index in [9.17, 15) is 14.7 Å². The lowest BCUT2D eigenvalue weighted by Gasteiger charge is -2.58. The van der Waals surface area contributed by atoms with E-state index in [1.54, 1.807) is 26.8 Å². The Morgan fingerprint density at radius 3 is 2.59 bits per heavy atom. The van der Waals surface area contributed by atoms with Gasteiger partial charge in [0.2, 0.25) is 0 Å². The maximum Gasteiger partial charge on any atom is 0.330 e. The van der Waals surface area contributed by atoms with Gasteiger partial charge in [0.15, 0.2) is 10.4 Å². The summed E-state index contributed by atoms with van der Waals surface area (Å²) in [6.07, 6.45) is 0.0221. The van der Waals surface area contributed by atoms with Crippen LogP contribution >= 0.6 is 15.9 Å². The highest BCUT2D eigenvalue weighted by molar-refractivity contribution is 9.10. The summed E-state index contributed by atoms with van der Waals surface area (Å²) < 4.78 is 11.3. The van der Waals surface area contributed by atoms with E-state index >= 15 is 0 Å². The minimum Gasteiger partial charge on any atom is -0.479 e. The van der Waals surface area contributed by atoms with Crippen molar-refractivity contribution < 1.29 is 23.8 Å². The number of amides is 1. The molecule has 2 rings (SSSR count). The Bertz CT molecular complexity index is 609. The molecule has 0 aromatic carbocycles. The lowest BCUT2D eigenvalue weighted by molar-refractivity contribution is -0.190. The van der Waals surface area contributed by atoms with Crippen LogP contribution in [0, 0.1) is 12.3 Å². The summed E-state index contributed by atoms with van der Waals surface area (Å²) >= 11 is 3.16. The first-order chi connectivity index (χ1) is 10.2. The van der Waals surface area contributed by atoms with Crippen LogP contribution in [-0.2, 0) is 9.53 Å². The van der Waals surface area contributed by atoms with Gasteiger partial charge in [0.05, 0.1) is 6.10 Å². The predicted molar refractivity (Wildman–Crippen MR) is 82.8 cm³/mol. The molecule has 2 N–H and O–H groups in total. The van der Waals surface area contributed by atoms with Crippen LogP contribution in [0.25, 0.3) is 0 Å². The topological polar surface area (TPSA) is 88.8 Å². The predicted octanol–water partition coefficient (Wildman–Crippen LogP) is 2.74. The maximum absolute atomic E-state index is 12.4. The van der Waals surface area contributed by atoms with Crippen molar-refractivity contribution in [3.8, 4) is 0 Å². The molecule has 122 valence electrons. The molecule has 1 fully saturated rings. The third kappa shape index (κ3) is 2.46. The maximum atomic E-state index is 12.4. The molecule has 1 aromatic rings. The van der Waals surface area contributed by atoms with Crippen LogP contribution in [-0.4, -0.2) is 35.2 Å². The summed E-state index contributed by atoms with van der Waals surface area (Å²) in [6.45, 7) is 7.67. The fourth-order valence-electron chi connectivity index (χ4n) is 2.96. The van der Waals surface area contributed by atoms with E-state index in [1.165, 1.54) is 0 Å². The zero-order valence-corrected chi connectivity index (χ0v) is 14.6. The van der Waals surface area contributed by atoms with Gasteiger partial charge in [-0.3, -0.25) is 4.79 Å². The Kier molecular flexibility index (Phi) is 4.41. The van der Waals surface area contributed by atoms with Crippen molar-refractivity contribution in [3.05, 3.63) is 22.1 Å². The van der Waals surface area contributed by atoms with Gasteiger partial charge < -0.3 is 19.6 Å². The van der Waals surface area contributed by atoms with E-state index in [0.717, 1.165) is 0 Å². The van der Waals surface area contributed by atoms with Crippen LogP contribution in [0.15, 0.2) is 15.2 Å². The van der Waals surface area contributed by atoms with Crippen LogP contribution in [0.2, 0.25) is 0 Å². The minimum absolute atomic E-state index is 0.114. The SMILES string of the molecule is CCOC1CC(NC(=O)c2oc(Br)cc2C)(C(=O)O)C1(C)C. The van der Waals surface area contributed by atoms with Gasteiger partial charge in [-0.05, 0) is 35.8 Å². The zero-order chi connectivity index (χ0) is 16.7. The molecule has 7 heteroatoms. The molecular formula is C15H20BrNO5. The van der Waals surface area contributed by atoms with Gasteiger partial charge in [-0.2, -0.15) is 0 Å². The Labute approximate surface area is 137 Å². The smallest absolute Gasteiger partial charge is 0.330 e. The standard InChI is InChI=1S/C15H20BrNO5/c1-5-21-9-7-15(13(19)20,14(9,3)4)17-12(18)11-8(2)6-10(16)22-11/h6,9H,5,7H2,1-4H3,(H,17,18)(H,19,20). The number of aryl methyl sites for hydroxylation is 1. The van der Waals surface area contributed by atoms with Gasteiger partial charge in [0.1, 0.15) is 5.54 Å². The van der Waals surface area contributed by atoms with Crippen molar-refractivity contribution in [1.29, 1.82) is 0 Å². The fourth-order valence-corrected chi connectivity index (χ4v) is 3.46. The van der Waals surface area contributed by atoms with Gasteiger partial charge in [-0.1, -0.05) is 13.8 Å². The summed E-state index contributed by atoms with van der Waals surface area (Å²) in [5, 5.41) is 12.3. The van der Waals surface area contributed by atoms with Gasteiger partial charge in [0, 0.05) is 24.0 Å². The quantitative estimate of drug-likeness (QED) is 0.828. The monoisotopic (exact) mass is 373 g/mol. The van der Waals surface area contributed by atoms with Crippen LogP contribution in [0.5, 0.6) is 0 Å². The number of aliphatic carboxylic acids is 1. The molecule has 1 aliphatic carbocycles. The second kappa shape index (κ2) is 5.70. The number of ether oxygens (including phenoxy) is 1. The second-order valence-corrected chi connectivity index (χ2v) is 6.88. The molecule has 1 aliphatic rings. The average molecular weight is 374 g/mol. The lowest BCUT2D eigenvalue weighted by Crippen LogP contribution is -2.76. The first-order valence-corrected chi connectivity index (χ1v) is 7.88. The van der Waals surface area contributed by atoms with E-state index in [-0.39, 0.29) is 18.3 Å². The third-order valence-electron chi connectivity index (χ3n) is 4.55. The number of nitrogens with one attached hydrogen (secondary N) is 1. The molecular weight excluding hydrogens is 354 g/mol. The lowest BCUT2D eigenvalue weighted by atomic mass is 9.54. The number of rotatable bonds is 5. The average Bonchev–Trinajstić information content (AvgIpc) is 2.75. The second-order valence-electron chi connectivity index (χ2n) is 6.10. The Balaban J connectivity index is 2.26. The zero-order valence-electron chi connectivity index (χ0n) is 13.0. The van der Waals surface area contributed by atoms with Crippen molar-refractivity contribution in [2.24, 2.45) is 5.41 Å². The highest BCUT2D eigenvalue weighted by Gasteiger charge is 2.66. The van der Waals surface area contributed by atoms with Crippen molar-refractivity contribution in [2.45, 2.75) is 45.8 Å². The third-order valence-corrected chi connectivity index (χ3v) is 4.94. The van der Waals surface area contributed by atoms with Crippen LogP contribution in [0.3, 0.4) is 0 Å². The first kappa shape index (κ1) is 17.0. The highest BCUT2D eigenvalue weighted by atomic mass is 79.9. The van der Waals surface area contributed by atoms with Crippen LogP contribution in [0.1, 0.15) is 43.3 Å². The van der Waals surface area contributed by atoms with Gasteiger partial charge in [-0.25, -0.2) is 4.79 Å². The Morgan fingerprint density at radius 2 is 2.18 bits per heavy atom. The number of carboxylic acids is 1. The van der Waals surface area contributed by atoms with Gasteiger partial charge >= 0.3 is 5.97 Å². The molecule has 22 heavy (non-hydrogen) atoms. The number of carboxylic acid groups (broad SMARTS) is 1. The Morgan fingerprint density at radius 1 is 1.55 bits per heavy atom. The molecule has 0 saturated heterocycles. The molecule has 0 bridgehead atoms. The highest BCUT2D eigenvalue weighted by Crippen LogP contribution is 2.51. The number of furan rings is 1. The molecule has 1 aromatic heterocycles. The molecule has 2 atom stereocenters. The van der Waals surface area contributed by atoms with E-state index < -0.39 is 22.8 Å². The minimum atomic E-state index is -1.37. The van der Waals surface area contributed by atoms with E-state index in [2.05, 4.69) is 21.2 Å². The molecule has 1 amide bonds. The molecule has 0 spiro atoms. The summed E-state index contributed by atoms with van der Waals surface area (Å²) in [7, 11) is 0. The molecule has 1 heterocycles. The summed E-state index contributed by atoms with van der Waals surface area (Å²) in [4.78, 5) is 24.2. The molecule has 6 nitrogen and oxygen atoms in total. The molecule has 2 unspecified atom stereocenters. The molecule has 1 saturated carbocycles. The Hall–Kier alpha value is -1.34. The van der Waals surface area contributed by atoms with Gasteiger partial charge in [0.25, 0.3) is 5.91 Å². The van der Waals surface area contributed by atoms with E-state index in [0.29, 0.717) is 16.8 Å². The number of carbonyl (C=O) groups excluding carboxylic acids is 1. The number of carbonyl (C=O) groups is 2. The largest absolute Gasteiger partial charge is 0.479 e. The van der Waals surface area contributed by atoms with Crippen molar-refractivity contribution >= 4 is 27.8 Å². The van der Waals surface area contributed by atoms with Crippen LogP contribution < -0.4 is 5.32 Å². The molecule has 0 aliphatic heterocycles.